The van der Waals surface area contributed by atoms with E-state index in [4.69, 9.17) is 17.3 Å². The van der Waals surface area contributed by atoms with Gasteiger partial charge in [-0.2, -0.15) is 0 Å². The van der Waals surface area contributed by atoms with Crippen molar-refractivity contribution in [3.63, 3.8) is 0 Å². The molecule has 1 aromatic heterocycles. The van der Waals surface area contributed by atoms with Crippen molar-refractivity contribution in [3.05, 3.63) is 29.4 Å². The molecule has 1 heterocycles. The summed E-state index contributed by atoms with van der Waals surface area (Å²) < 4.78 is 0. The Hall–Kier alpha value is -1.15. The van der Waals surface area contributed by atoms with Gasteiger partial charge < -0.3 is 10.7 Å². The molecular formula is C8H7ClN2. The summed E-state index contributed by atoms with van der Waals surface area (Å²) in [6, 6.07) is 7.50. The third-order valence-corrected chi connectivity index (χ3v) is 1.82. The molecule has 2 rings (SSSR count). The molecule has 0 aliphatic carbocycles. The molecular weight excluding hydrogens is 160 g/mol. The molecule has 3 heteroatoms. The average molecular weight is 167 g/mol. The maximum atomic E-state index is 5.74. The monoisotopic (exact) mass is 166 g/mol. The number of nitrogen functional groups attached to an aromatic ring is 1. The molecule has 2 aromatic rings. The number of benzene rings is 1. The lowest BCUT2D eigenvalue weighted by atomic mass is 10.2. The van der Waals surface area contributed by atoms with E-state index in [1.165, 1.54) is 0 Å². The van der Waals surface area contributed by atoms with E-state index < -0.39 is 0 Å². The quantitative estimate of drug-likeness (QED) is 0.580. The molecule has 0 saturated heterocycles. The maximum Gasteiger partial charge on any atom is 0.107 e. The van der Waals surface area contributed by atoms with E-state index in [1.807, 2.05) is 24.3 Å². The molecule has 0 unspecified atom stereocenters. The zero-order valence-electron chi connectivity index (χ0n) is 5.76. The second-order valence-electron chi connectivity index (χ2n) is 2.46. The molecule has 0 aliphatic rings. The van der Waals surface area contributed by atoms with Gasteiger partial charge >= 0.3 is 0 Å². The molecule has 56 valence electrons. The Bertz CT molecular complexity index is 392. The number of halogens is 1. The van der Waals surface area contributed by atoms with Crippen molar-refractivity contribution in [1.82, 2.24) is 4.98 Å². The molecule has 0 amide bonds. The fraction of sp³-hybridized carbons (Fsp3) is 0. The minimum absolute atomic E-state index is 0.644. The number of fused-ring (bicyclic) bond motifs is 1. The number of nitrogens with two attached hydrogens (primary N) is 1. The van der Waals surface area contributed by atoms with Crippen LogP contribution in [-0.2, 0) is 0 Å². The van der Waals surface area contributed by atoms with Crippen molar-refractivity contribution < 1.29 is 0 Å². The van der Waals surface area contributed by atoms with Crippen LogP contribution < -0.4 is 5.73 Å². The van der Waals surface area contributed by atoms with E-state index in [9.17, 15) is 0 Å². The Morgan fingerprint density at radius 3 is 2.91 bits per heavy atom. The van der Waals surface area contributed by atoms with Crippen LogP contribution >= 0.6 is 11.6 Å². The number of anilines is 1. The van der Waals surface area contributed by atoms with E-state index in [0.717, 1.165) is 16.6 Å². The predicted octanol–water partition coefficient (Wildman–Crippen LogP) is 2.40. The smallest absolute Gasteiger partial charge is 0.107 e. The van der Waals surface area contributed by atoms with Gasteiger partial charge in [-0.25, -0.2) is 0 Å². The van der Waals surface area contributed by atoms with Crippen LogP contribution in [0.25, 0.3) is 10.9 Å². The Morgan fingerprint density at radius 1 is 1.27 bits per heavy atom. The third-order valence-electron chi connectivity index (χ3n) is 1.61. The highest BCUT2D eigenvalue weighted by Crippen LogP contribution is 2.20. The fourth-order valence-electron chi connectivity index (χ4n) is 1.12. The molecule has 0 radical (unpaired) electrons. The van der Waals surface area contributed by atoms with Gasteiger partial charge in [-0.05, 0) is 24.3 Å². The van der Waals surface area contributed by atoms with Crippen LogP contribution in [0.1, 0.15) is 0 Å². The van der Waals surface area contributed by atoms with Crippen molar-refractivity contribution in [2.45, 2.75) is 0 Å². The molecule has 2 nitrogen and oxygen atoms in total. The van der Waals surface area contributed by atoms with Crippen molar-refractivity contribution in [3.8, 4) is 0 Å². The van der Waals surface area contributed by atoms with Crippen LogP contribution in [-0.4, -0.2) is 4.98 Å². The largest absolute Gasteiger partial charge is 0.399 e. The molecule has 11 heavy (non-hydrogen) atoms. The second-order valence-corrected chi connectivity index (χ2v) is 2.87. The molecule has 0 bridgehead atoms. The van der Waals surface area contributed by atoms with Gasteiger partial charge in [0.15, 0.2) is 0 Å². The summed E-state index contributed by atoms with van der Waals surface area (Å²) in [5.41, 5.74) is 7.35. The number of hydrogen-bond acceptors (Lipinski definition) is 1. The summed E-state index contributed by atoms with van der Waals surface area (Å²) in [6.45, 7) is 0. The van der Waals surface area contributed by atoms with Crippen molar-refractivity contribution in [2.75, 3.05) is 5.73 Å². The molecule has 0 fully saturated rings. The van der Waals surface area contributed by atoms with Gasteiger partial charge in [-0.1, -0.05) is 11.6 Å². The normalized spacial score (nSPS) is 10.6. The first-order chi connectivity index (χ1) is 5.25. The first-order valence-electron chi connectivity index (χ1n) is 3.29. The Morgan fingerprint density at radius 2 is 2.09 bits per heavy atom. The van der Waals surface area contributed by atoms with E-state index in [2.05, 4.69) is 4.98 Å². The Balaban J connectivity index is 2.82. The van der Waals surface area contributed by atoms with E-state index in [1.54, 1.807) is 0 Å². The SMILES string of the molecule is Nc1ccc2[nH]c(Cl)cc2c1. The van der Waals surface area contributed by atoms with Gasteiger partial charge in [0.25, 0.3) is 0 Å². The number of aromatic nitrogens is 1. The molecule has 0 aliphatic heterocycles. The van der Waals surface area contributed by atoms with Crippen LogP contribution in [0.3, 0.4) is 0 Å². The first kappa shape index (κ1) is 6.55. The zero-order chi connectivity index (χ0) is 7.84. The number of rotatable bonds is 0. The van der Waals surface area contributed by atoms with Crippen LogP contribution in [0.15, 0.2) is 24.3 Å². The minimum Gasteiger partial charge on any atom is -0.399 e. The topological polar surface area (TPSA) is 41.8 Å². The van der Waals surface area contributed by atoms with Crippen molar-refractivity contribution >= 4 is 28.2 Å². The summed E-state index contributed by atoms with van der Waals surface area (Å²) in [5.74, 6) is 0. The molecule has 3 N–H and O–H groups in total. The highest BCUT2D eigenvalue weighted by atomic mass is 35.5. The van der Waals surface area contributed by atoms with Crippen LogP contribution in [0.4, 0.5) is 5.69 Å². The molecule has 0 spiro atoms. The lowest BCUT2D eigenvalue weighted by molar-refractivity contribution is 1.48. The van der Waals surface area contributed by atoms with Gasteiger partial charge in [0.1, 0.15) is 5.15 Å². The van der Waals surface area contributed by atoms with Crippen LogP contribution in [0.2, 0.25) is 5.15 Å². The standard InChI is InChI=1S/C8H7ClN2/c9-8-4-5-3-6(10)1-2-7(5)11-8/h1-4,11H,10H2. The average Bonchev–Trinajstić information content (AvgIpc) is 2.27. The fourth-order valence-corrected chi connectivity index (χ4v) is 1.34. The number of nitrogens with one attached hydrogen (secondary N) is 1. The minimum atomic E-state index is 0.644. The highest BCUT2D eigenvalue weighted by molar-refractivity contribution is 6.30. The van der Waals surface area contributed by atoms with Crippen LogP contribution in [0.5, 0.6) is 0 Å². The van der Waals surface area contributed by atoms with Crippen LogP contribution in [0, 0.1) is 0 Å². The van der Waals surface area contributed by atoms with E-state index in [-0.39, 0.29) is 0 Å². The van der Waals surface area contributed by atoms with Gasteiger partial charge in [0.2, 0.25) is 0 Å². The summed E-state index contributed by atoms with van der Waals surface area (Å²) in [4.78, 5) is 3.00. The second kappa shape index (κ2) is 2.17. The van der Waals surface area contributed by atoms with Gasteiger partial charge in [0.05, 0.1) is 0 Å². The molecule has 1 aromatic carbocycles. The number of H-pyrrole nitrogens is 1. The van der Waals surface area contributed by atoms with Crippen molar-refractivity contribution in [1.29, 1.82) is 0 Å². The number of aromatic amines is 1. The predicted molar refractivity (Wildman–Crippen MR) is 47.7 cm³/mol. The molecule has 0 atom stereocenters. The maximum absolute atomic E-state index is 5.74. The number of hydrogen-bond donors (Lipinski definition) is 2. The first-order valence-corrected chi connectivity index (χ1v) is 3.67. The molecule has 0 saturated carbocycles. The van der Waals surface area contributed by atoms with E-state index >= 15 is 0 Å². The Kier molecular flexibility index (Phi) is 1.29. The van der Waals surface area contributed by atoms with Gasteiger partial charge in [-0.3, -0.25) is 0 Å². The van der Waals surface area contributed by atoms with Crippen molar-refractivity contribution in [2.24, 2.45) is 0 Å². The lowest BCUT2D eigenvalue weighted by Gasteiger charge is -1.90. The van der Waals surface area contributed by atoms with Gasteiger partial charge in [-0.15, -0.1) is 0 Å². The lowest BCUT2D eigenvalue weighted by Crippen LogP contribution is -1.81. The van der Waals surface area contributed by atoms with Gasteiger partial charge in [0, 0.05) is 16.6 Å². The summed E-state index contributed by atoms with van der Waals surface area (Å²) in [5, 5.41) is 1.70. The summed E-state index contributed by atoms with van der Waals surface area (Å²) in [7, 11) is 0. The zero-order valence-corrected chi connectivity index (χ0v) is 6.52. The highest BCUT2D eigenvalue weighted by Gasteiger charge is 1.96. The Labute approximate surface area is 69.0 Å². The summed E-state index contributed by atoms with van der Waals surface area (Å²) >= 11 is 5.74. The summed E-state index contributed by atoms with van der Waals surface area (Å²) in [6.07, 6.45) is 0. The van der Waals surface area contributed by atoms with E-state index in [0.29, 0.717) is 5.15 Å². The third kappa shape index (κ3) is 1.05.